The molecule has 3 heteroatoms. The fourth-order valence-electron chi connectivity index (χ4n) is 1.70. The van der Waals surface area contributed by atoms with Gasteiger partial charge in [-0.1, -0.05) is 6.08 Å². The number of esters is 1. The van der Waals surface area contributed by atoms with Crippen molar-refractivity contribution in [2.45, 2.75) is 45.4 Å². The van der Waals surface area contributed by atoms with Crippen molar-refractivity contribution >= 4 is 11.8 Å². The summed E-state index contributed by atoms with van der Waals surface area (Å²) < 4.78 is 4.81. The maximum absolute atomic E-state index is 11.2. The van der Waals surface area contributed by atoms with E-state index in [4.69, 9.17) is 4.74 Å². The van der Waals surface area contributed by atoms with Gasteiger partial charge in [-0.25, -0.2) is 0 Å². The highest BCUT2D eigenvalue weighted by atomic mass is 16.5. The summed E-state index contributed by atoms with van der Waals surface area (Å²) >= 11 is 0. The minimum Gasteiger partial charge on any atom is -0.466 e. The third-order valence-electron chi connectivity index (χ3n) is 2.52. The molecule has 84 valence electrons. The van der Waals surface area contributed by atoms with E-state index in [2.05, 4.69) is 6.08 Å². The zero-order valence-electron chi connectivity index (χ0n) is 9.25. The number of Topliss-reactive ketones (excluding diaryl/α,β-unsaturated/α-hetero) is 1. The van der Waals surface area contributed by atoms with Gasteiger partial charge >= 0.3 is 5.97 Å². The lowest BCUT2D eigenvalue weighted by Gasteiger charge is -2.02. The van der Waals surface area contributed by atoms with Gasteiger partial charge in [-0.15, -0.1) is 0 Å². The van der Waals surface area contributed by atoms with Crippen LogP contribution in [0.3, 0.4) is 0 Å². The van der Waals surface area contributed by atoms with Crippen LogP contribution in [0.4, 0.5) is 0 Å². The first-order valence-electron chi connectivity index (χ1n) is 5.56. The summed E-state index contributed by atoms with van der Waals surface area (Å²) in [6.45, 7) is 1.92. The second-order valence-electron chi connectivity index (χ2n) is 3.84. The molecular weight excluding hydrogens is 192 g/mol. The Hall–Kier alpha value is -1.12. The molecule has 1 rings (SSSR count). The van der Waals surface area contributed by atoms with Crippen molar-refractivity contribution in [3.8, 4) is 0 Å². The van der Waals surface area contributed by atoms with Gasteiger partial charge in [0.25, 0.3) is 0 Å². The highest BCUT2D eigenvalue weighted by molar-refractivity contribution is 5.97. The van der Waals surface area contributed by atoms with Gasteiger partial charge in [0.2, 0.25) is 0 Å². The van der Waals surface area contributed by atoms with E-state index in [0.29, 0.717) is 18.8 Å². The first-order chi connectivity index (χ1) is 7.20. The molecule has 0 fully saturated rings. The van der Waals surface area contributed by atoms with E-state index in [1.54, 1.807) is 0 Å². The van der Waals surface area contributed by atoms with Crippen molar-refractivity contribution in [2.75, 3.05) is 6.61 Å². The predicted molar refractivity (Wildman–Crippen MR) is 57.4 cm³/mol. The molecule has 0 aliphatic heterocycles. The maximum atomic E-state index is 11.2. The molecule has 0 saturated heterocycles. The first-order valence-corrected chi connectivity index (χ1v) is 5.56. The van der Waals surface area contributed by atoms with Crippen LogP contribution in [0.15, 0.2) is 11.6 Å². The molecule has 15 heavy (non-hydrogen) atoms. The van der Waals surface area contributed by atoms with Crippen molar-refractivity contribution in [2.24, 2.45) is 0 Å². The van der Waals surface area contributed by atoms with E-state index in [1.807, 2.05) is 0 Å². The molecule has 1 aliphatic rings. The lowest BCUT2D eigenvalue weighted by Crippen LogP contribution is -2.00. The molecule has 1 aliphatic carbocycles. The van der Waals surface area contributed by atoms with E-state index in [0.717, 1.165) is 37.7 Å². The van der Waals surface area contributed by atoms with Crippen LogP contribution in [0.5, 0.6) is 0 Å². The lowest BCUT2D eigenvalue weighted by atomic mass is 10.1. The van der Waals surface area contributed by atoms with Crippen molar-refractivity contribution in [1.82, 2.24) is 0 Å². The van der Waals surface area contributed by atoms with Crippen LogP contribution in [0, 0.1) is 0 Å². The number of ether oxygens (including phenoxy) is 1. The molecule has 0 heterocycles. The van der Waals surface area contributed by atoms with Crippen LogP contribution in [-0.2, 0) is 14.3 Å². The number of hydrogen-bond donors (Lipinski definition) is 0. The Kier molecular flexibility index (Phi) is 5.08. The van der Waals surface area contributed by atoms with Gasteiger partial charge in [0, 0.05) is 13.3 Å². The lowest BCUT2D eigenvalue weighted by molar-refractivity contribution is -0.141. The number of allylic oxidation sites excluding steroid dienone is 2. The number of carbonyl (C=O) groups excluding carboxylic acids is 2. The minimum absolute atomic E-state index is 0.219. The van der Waals surface area contributed by atoms with Gasteiger partial charge in [0.1, 0.15) is 0 Å². The number of rotatable bonds is 6. The number of carbonyl (C=O) groups is 2. The second kappa shape index (κ2) is 6.38. The van der Waals surface area contributed by atoms with Gasteiger partial charge in [-0.05, 0) is 37.7 Å². The molecule has 0 radical (unpaired) electrons. The van der Waals surface area contributed by atoms with Crippen LogP contribution in [0.2, 0.25) is 0 Å². The zero-order chi connectivity index (χ0) is 11.1. The van der Waals surface area contributed by atoms with Gasteiger partial charge < -0.3 is 4.74 Å². The summed E-state index contributed by atoms with van der Waals surface area (Å²) in [7, 11) is 0. The minimum atomic E-state index is -0.219. The van der Waals surface area contributed by atoms with Crippen LogP contribution < -0.4 is 0 Å². The summed E-state index contributed by atoms with van der Waals surface area (Å²) in [5.74, 6) is 0.0960. The van der Waals surface area contributed by atoms with Gasteiger partial charge in [-0.3, -0.25) is 9.59 Å². The highest BCUT2D eigenvalue weighted by Gasteiger charge is 2.13. The molecule has 0 aromatic carbocycles. The molecule has 3 nitrogen and oxygen atoms in total. The highest BCUT2D eigenvalue weighted by Crippen LogP contribution is 2.19. The SMILES string of the molecule is CC(=O)OCCCCCC1=CCCC1=O. The summed E-state index contributed by atoms with van der Waals surface area (Å²) in [5, 5.41) is 0. The molecule has 0 aromatic heterocycles. The Labute approximate surface area is 90.5 Å². The molecule has 0 amide bonds. The Morgan fingerprint density at radius 2 is 2.20 bits per heavy atom. The van der Waals surface area contributed by atoms with E-state index >= 15 is 0 Å². The average molecular weight is 210 g/mol. The van der Waals surface area contributed by atoms with Crippen molar-refractivity contribution in [3.63, 3.8) is 0 Å². The largest absolute Gasteiger partial charge is 0.466 e. The number of hydrogen-bond acceptors (Lipinski definition) is 3. The number of ketones is 1. The van der Waals surface area contributed by atoms with Crippen LogP contribution >= 0.6 is 0 Å². The van der Waals surface area contributed by atoms with Gasteiger partial charge in [0.15, 0.2) is 5.78 Å². The first kappa shape index (κ1) is 12.0. The Bertz CT molecular complexity index is 266. The molecule has 0 spiro atoms. The number of unbranched alkanes of at least 4 members (excludes halogenated alkanes) is 2. The van der Waals surface area contributed by atoms with E-state index in [1.165, 1.54) is 6.92 Å². The molecule has 0 bridgehead atoms. The zero-order valence-corrected chi connectivity index (χ0v) is 9.25. The summed E-state index contributed by atoms with van der Waals surface area (Å²) in [5.41, 5.74) is 1.00. The van der Waals surface area contributed by atoms with Crippen molar-refractivity contribution in [1.29, 1.82) is 0 Å². The Morgan fingerprint density at radius 3 is 2.80 bits per heavy atom. The Balaban J connectivity index is 1.97. The summed E-state index contributed by atoms with van der Waals surface area (Å²) in [6.07, 6.45) is 7.47. The van der Waals surface area contributed by atoms with Crippen molar-refractivity contribution in [3.05, 3.63) is 11.6 Å². The topological polar surface area (TPSA) is 43.4 Å². The molecule has 0 aromatic rings. The summed E-state index contributed by atoms with van der Waals surface area (Å²) in [4.78, 5) is 21.7. The van der Waals surface area contributed by atoms with E-state index < -0.39 is 0 Å². The molecule has 0 N–H and O–H groups in total. The van der Waals surface area contributed by atoms with E-state index in [9.17, 15) is 9.59 Å². The average Bonchev–Trinajstić information content (AvgIpc) is 2.57. The van der Waals surface area contributed by atoms with Crippen LogP contribution in [-0.4, -0.2) is 18.4 Å². The third-order valence-corrected chi connectivity index (χ3v) is 2.52. The molecule has 0 unspecified atom stereocenters. The fraction of sp³-hybridized carbons (Fsp3) is 0.667. The second-order valence-corrected chi connectivity index (χ2v) is 3.84. The van der Waals surface area contributed by atoms with Gasteiger partial charge in [0.05, 0.1) is 6.61 Å². The Morgan fingerprint density at radius 1 is 1.40 bits per heavy atom. The predicted octanol–water partition coefficient (Wildman–Crippen LogP) is 2.40. The van der Waals surface area contributed by atoms with Crippen LogP contribution in [0.1, 0.15) is 45.4 Å². The normalized spacial score (nSPS) is 15.3. The monoisotopic (exact) mass is 210 g/mol. The van der Waals surface area contributed by atoms with E-state index in [-0.39, 0.29) is 5.97 Å². The van der Waals surface area contributed by atoms with Crippen molar-refractivity contribution < 1.29 is 14.3 Å². The van der Waals surface area contributed by atoms with Crippen LogP contribution in [0.25, 0.3) is 0 Å². The third kappa shape index (κ3) is 4.77. The molecular formula is C12H18O3. The summed E-state index contributed by atoms with van der Waals surface area (Å²) in [6, 6.07) is 0. The fourth-order valence-corrected chi connectivity index (χ4v) is 1.70. The van der Waals surface area contributed by atoms with Gasteiger partial charge in [-0.2, -0.15) is 0 Å². The molecule has 0 atom stereocenters. The quantitative estimate of drug-likeness (QED) is 0.499. The maximum Gasteiger partial charge on any atom is 0.302 e. The standard InChI is InChI=1S/C12H18O3/c1-10(13)15-9-4-2-3-6-11-7-5-8-12(11)14/h7H,2-6,8-9H2,1H3. The smallest absolute Gasteiger partial charge is 0.302 e. The molecule has 0 saturated carbocycles.